The zero-order valence-electron chi connectivity index (χ0n) is 11.3. The van der Waals surface area contributed by atoms with Crippen LogP contribution in [0.2, 0.25) is 0 Å². The lowest BCUT2D eigenvalue weighted by atomic mass is 10.0. The Hall–Kier alpha value is -1.65. The molecule has 0 radical (unpaired) electrons. The fraction of sp³-hybridized carbons (Fsp3) is 0.375. The number of phenols is 1. The molecule has 0 bridgehead atoms. The van der Waals surface area contributed by atoms with Crippen molar-refractivity contribution in [1.82, 2.24) is 10.2 Å². The molecule has 2 aromatic carbocycles. The van der Waals surface area contributed by atoms with Gasteiger partial charge in [0, 0.05) is 26.2 Å². The maximum Gasteiger partial charge on any atom is 0.116 e. The number of alkyl halides is 1. The fourth-order valence-electron chi connectivity index (χ4n) is 2.85. The van der Waals surface area contributed by atoms with E-state index in [4.69, 9.17) is 0 Å². The standard InChI is InChI=1S/C16H19FN2O/c17-11-16(19-7-5-18-6-8-19)14-2-1-13-10-15(20)4-3-12(13)9-14/h1-4,9-10,16,18,20H,5-8,11H2/t16-/m1/s1. The molecule has 3 rings (SSSR count). The number of benzene rings is 2. The summed E-state index contributed by atoms with van der Waals surface area (Å²) in [6.45, 7) is 3.21. The third-order valence-electron chi connectivity index (χ3n) is 3.97. The zero-order chi connectivity index (χ0) is 13.9. The summed E-state index contributed by atoms with van der Waals surface area (Å²) in [6.07, 6.45) is 0. The average molecular weight is 274 g/mol. The highest BCUT2D eigenvalue weighted by atomic mass is 19.1. The Morgan fingerprint density at radius 3 is 2.55 bits per heavy atom. The van der Waals surface area contributed by atoms with Crippen LogP contribution < -0.4 is 5.32 Å². The van der Waals surface area contributed by atoms with E-state index in [0.29, 0.717) is 0 Å². The van der Waals surface area contributed by atoms with Crippen molar-refractivity contribution < 1.29 is 9.50 Å². The number of rotatable bonds is 3. The molecule has 2 aromatic rings. The summed E-state index contributed by atoms with van der Waals surface area (Å²) in [5.74, 6) is 0.259. The molecule has 106 valence electrons. The van der Waals surface area contributed by atoms with Crippen LogP contribution in [-0.4, -0.2) is 42.9 Å². The van der Waals surface area contributed by atoms with Crippen LogP contribution in [0.4, 0.5) is 4.39 Å². The molecule has 0 aliphatic carbocycles. The summed E-state index contributed by atoms with van der Waals surface area (Å²) >= 11 is 0. The number of fused-ring (bicyclic) bond motifs is 1. The van der Waals surface area contributed by atoms with Gasteiger partial charge in [0.15, 0.2) is 0 Å². The molecule has 4 heteroatoms. The van der Waals surface area contributed by atoms with E-state index in [1.54, 1.807) is 12.1 Å². The number of nitrogens with one attached hydrogen (secondary N) is 1. The summed E-state index contributed by atoms with van der Waals surface area (Å²) in [7, 11) is 0. The molecule has 20 heavy (non-hydrogen) atoms. The van der Waals surface area contributed by atoms with Crippen LogP contribution in [0.25, 0.3) is 10.8 Å². The van der Waals surface area contributed by atoms with Crippen molar-refractivity contribution in [3.63, 3.8) is 0 Å². The largest absolute Gasteiger partial charge is 0.508 e. The lowest BCUT2D eigenvalue weighted by Gasteiger charge is -2.33. The minimum atomic E-state index is -0.371. The summed E-state index contributed by atoms with van der Waals surface area (Å²) in [5, 5.41) is 14.8. The molecular formula is C16H19FN2O. The Morgan fingerprint density at radius 2 is 1.80 bits per heavy atom. The second kappa shape index (κ2) is 5.77. The molecule has 0 aromatic heterocycles. The van der Waals surface area contributed by atoms with E-state index in [1.807, 2.05) is 24.3 Å². The van der Waals surface area contributed by atoms with Crippen LogP contribution in [0.5, 0.6) is 5.75 Å². The normalized spacial score (nSPS) is 18.2. The van der Waals surface area contributed by atoms with Crippen LogP contribution >= 0.6 is 0 Å². The predicted octanol–water partition coefficient (Wildman–Crippen LogP) is 2.46. The number of piperazine rings is 1. The van der Waals surface area contributed by atoms with E-state index in [9.17, 15) is 9.50 Å². The molecular weight excluding hydrogens is 255 g/mol. The molecule has 1 aliphatic heterocycles. The van der Waals surface area contributed by atoms with E-state index >= 15 is 0 Å². The molecule has 0 spiro atoms. The molecule has 2 N–H and O–H groups in total. The van der Waals surface area contributed by atoms with Gasteiger partial charge in [-0.25, -0.2) is 4.39 Å². The molecule has 0 unspecified atom stereocenters. The number of halogens is 1. The van der Waals surface area contributed by atoms with Gasteiger partial charge in [-0.2, -0.15) is 0 Å². The second-order valence-electron chi connectivity index (χ2n) is 5.25. The van der Waals surface area contributed by atoms with Crippen molar-refractivity contribution in [1.29, 1.82) is 0 Å². The van der Waals surface area contributed by atoms with Crippen LogP contribution in [0.3, 0.4) is 0 Å². The highest BCUT2D eigenvalue weighted by molar-refractivity contribution is 5.84. The minimum absolute atomic E-state index is 0.171. The van der Waals surface area contributed by atoms with Gasteiger partial charge >= 0.3 is 0 Å². The highest BCUT2D eigenvalue weighted by Gasteiger charge is 2.22. The van der Waals surface area contributed by atoms with Crippen molar-refractivity contribution in [2.75, 3.05) is 32.9 Å². The number of hydrogen-bond acceptors (Lipinski definition) is 3. The van der Waals surface area contributed by atoms with Crippen LogP contribution in [-0.2, 0) is 0 Å². The minimum Gasteiger partial charge on any atom is -0.508 e. The number of aromatic hydroxyl groups is 1. The van der Waals surface area contributed by atoms with Crippen molar-refractivity contribution in [3.8, 4) is 5.75 Å². The molecule has 3 nitrogen and oxygen atoms in total. The summed E-state index contributed by atoms with van der Waals surface area (Å²) in [5.41, 5.74) is 1.01. The summed E-state index contributed by atoms with van der Waals surface area (Å²) < 4.78 is 13.5. The van der Waals surface area contributed by atoms with Crippen molar-refractivity contribution in [2.45, 2.75) is 6.04 Å². The first kappa shape index (κ1) is 13.3. The van der Waals surface area contributed by atoms with E-state index in [-0.39, 0.29) is 18.5 Å². The van der Waals surface area contributed by atoms with Gasteiger partial charge in [-0.1, -0.05) is 18.2 Å². The van der Waals surface area contributed by atoms with Crippen LogP contribution in [0.15, 0.2) is 36.4 Å². The lowest BCUT2D eigenvalue weighted by Crippen LogP contribution is -2.45. The van der Waals surface area contributed by atoms with Crippen LogP contribution in [0, 0.1) is 0 Å². The second-order valence-corrected chi connectivity index (χ2v) is 5.25. The predicted molar refractivity (Wildman–Crippen MR) is 78.8 cm³/mol. The van der Waals surface area contributed by atoms with Gasteiger partial charge < -0.3 is 10.4 Å². The lowest BCUT2D eigenvalue weighted by molar-refractivity contribution is 0.147. The summed E-state index contributed by atoms with van der Waals surface area (Å²) in [4.78, 5) is 2.19. The topological polar surface area (TPSA) is 35.5 Å². The van der Waals surface area contributed by atoms with Gasteiger partial charge in [0.2, 0.25) is 0 Å². The molecule has 1 saturated heterocycles. The monoisotopic (exact) mass is 274 g/mol. The average Bonchev–Trinajstić information content (AvgIpc) is 2.49. The van der Waals surface area contributed by atoms with E-state index in [1.165, 1.54) is 0 Å². The Labute approximate surface area is 118 Å². The first-order valence-electron chi connectivity index (χ1n) is 7.01. The highest BCUT2D eigenvalue weighted by Crippen LogP contribution is 2.27. The number of nitrogens with zero attached hydrogens (tertiary/aromatic N) is 1. The smallest absolute Gasteiger partial charge is 0.116 e. The maximum atomic E-state index is 13.5. The van der Waals surface area contributed by atoms with Crippen molar-refractivity contribution >= 4 is 10.8 Å². The Kier molecular flexibility index (Phi) is 3.85. The molecule has 1 atom stereocenters. The third kappa shape index (κ3) is 2.62. The molecule has 0 amide bonds. The Balaban J connectivity index is 1.92. The van der Waals surface area contributed by atoms with E-state index in [2.05, 4.69) is 10.2 Å². The first-order chi connectivity index (χ1) is 9.78. The molecule has 1 aliphatic rings. The van der Waals surface area contributed by atoms with Gasteiger partial charge in [-0.15, -0.1) is 0 Å². The van der Waals surface area contributed by atoms with Crippen molar-refractivity contribution in [2.24, 2.45) is 0 Å². The van der Waals surface area contributed by atoms with Gasteiger partial charge in [0.05, 0.1) is 6.04 Å². The molecule has 0 saturated carbocycles. The molecule has 1 heterocycles. The first-order valence-corrected chi connectivity index (χ1v) is 7.01. The summed E-state index contributed by atoms with van der Waals surface area (Å²) in [6, 6.07) is 11.1. The third-order valence-corrected chi connectivity index (χ3v) is 3.97. The van der Waals surface area contributed by atoms with Crippen LogP contribution in [0.1, 0.15) is 11.6 Å². The van der Waals surface area contributed by atoms with Gasteiger partial charge in [0.1, 0.15) is 12.4 Å². The number of hydrogen-bond donors (Lipinski definition) is 2. The van der Waals surface area contributed by atoms with E-state index in [0.717, 1.165) is 42.5 Å². The van der Waals surface area contributed by atoms with Crippen molar-refractivity contribution in [3.05, 3.63) is 42.0 Å². The maximum absolute atomic E-state index is 13.5. The molecule has 1 fully saturated rings. The Bertz CT molecular complexity index is 596. The fourth-order valence-corrected chi connectivity index (χ4v) is 2.85. The van der Waals surface area contributed by atoms with Gasteiger partial charge in [0.25, 0.3) is 0 Å². The van der Waals surface area contributed by atoms with E-state index < -0.39 is 0 Å². The zero-order valence-corrected chi connectivity index (χ0v) is 11.3. The number of phenolic OH excluding ortho intramolecular Hbond substituents is 1. The Morgan fingerprint density at radius 1 is 1.10 bits per heavy atom. The SMILES string of the molecule is Oc1ccc2cc([C@@H](CF)N3CCNCC3)ccc2c1. The quantitative estimate of drug-likeness (QED) is 0.902. The van der Waals surface area contributed by atoms with Gasteiger partial charge in [-0.3, -0.25) is 4.90 Å². The van der Waals surface area contributed by atoms with Gasteiger partial charge in [-0.05, 0) is 34.5 Å².